The Balaban J connectivity index is 1.91. The highest BCUT2D eigenvalue weighted by molar-refractivity contribution is 6.09. The molecule has 0 bridgehead atoms. The van der Waals surface area contributed by atoms with Crippen molar-refractivity contribution in [3.63, 3.8) is 0 Å². The number of carbonyl (C=O) groups excluding carboxylic acids is 1. The number of hydrogen-bond acceptors (Lipinski definition) is 9. The summed E-state index contributed by atoms with van der Waals surface area (Å²) in [4.78, 5) is 25.8. The molecule has 0 saturated heterocycles. The first-order valence-corrected chi connectivity index (χ1v) is 9.83. The minimum atomic E-state index is -0.150. The second kappa shape index (κ2) is 9.42. The first kappa shape index (κ1) is 21.3. The molecule has 0 radical (unpaired) electrons. The van der Waals surface area contributed by atoms with Crippen LogP contribution in [0.4, 0.5) is 23.1 Å². The number of nitrogens with two attached hydrogens (primary N) is 2. The fraction of sp³-hybridized carbons (Fsp3) is 0.350. The monoisotopic (exact) mass is 411 g/mol. The van der Waals surface area contributed by atoms with Crippen LogP contribution in [0.1, 0.15) is 17.3 Å². The molecule has 6 N–H and O–H groups in total. The van der Waals surface area contributed by atoms with E-state index in [4.69, 9.17) is 11.6 Å². The predicted molar refractivity (Wildman–Crippen MR) is 120 cm³/mol. The van der Waals surface area contributed by atoms with E-state index in [0.29, 0.717) is 49.2 Å². The summed E-state index contributed by atoms with van der Waals surface area (Å²) in [5.41, 5.74) is 8.46. The smallest absolute Gasteiger partial charge is 0.263 e. The van der Waals surface area contributed by atoms with Crippen LogP contribution in [0.15, 0.2) is 42.4 Å². The number of nitrogens with zero attached hydrogens (tertiary/aromatic N) is 5. The van der Waals surface area contributed by atoms with Gasteiger partial charge in [-0.2, -0.15) is 4.98 Å². The van der Waals surface area contributed by atoms with Crippen molar-refractivity contribution in [1.82, 2.24) is 15.3 Å². The van der Waals surface area contributed by atoms with Gasteiger partial charge in [-0.25, -0.2) is 10.8 Å². The molecule has 0 fully saturated rings. The van der Waals surface area contributed by atoms with E-state index in [9.17, 15) is 4.79 Å². The standard InChI is InChI=1S/C20H29N9O/c1-4-24-20-25-12-17-18(26-20)27(3)8-9-28(19(17)30)15-6-5-7-16(10-15)29(22)13-14(21)11-23-2/h5-7,10,12-13,23H,4,8-9,11,21-22H2,1-3H3,(H,24,25,26)/b14-13-. The number of aromatic nitrogens is 2. The molecule has 1 aliphatic rings. The van der Waals surface area contributed by atoms with Crippen LogP contribution in [0.5, 0.6) is 0 Å². The van der Waals surface area contributed by atoms with E-state index in [-0.39, 0.29) is 5.91 Å². The van der Waals surface area contributed by atoms with Gasteiger partial charge in [0.15, 0.2) is 0 Å². The van der Waals surface area contributed by atoms with Crippen LogP contribution in [0.25, 0.3) is 0 Å². The summed E-state index contributed by atoms with van der Waals surface area (Å²) in [6, 6.07) is 7.47. The summed E-state index contributed by atoms with van der Waals surface area (Å²) in [6.07, 6.45) is 3.23. The number of anilines is 4. The van der Waals surface area contributed by atoms with Gasteiger partial charge in [0, 0.05) is 57.0 Å². The van der Waals surface area contributed by atoms with Crippen molar-refractivity contribution in [3.8, 4) is 0 Å². The quantitative estimate of drug-likeness (QED) is 0.384. The highest BCUT2D eigenvalue weighted by Crippen LogP contribution is 2.28. The van der Waals surface area contributed by atoms with Crippen molar-refractivity contribution in [1.29, 1.82) is 0 Å². The molecule has 1 aliphatic heterocycles. The first-order valence-electron chi connectivity index (χ1n) is 9.83. The lowest BCUT2D eigenvalue weighted by Gasteiger charge is -2.23. The number of hydrogen-bond donors (Lipinski definition) is 4. The normalized spacial score (nSPS) is 14.4. The summed E-state index contributed by atoms with van der Waals surface area (Å²) in [5.74, 6) is 7.12. The zero-order valence-electron chi connectivity index (χ0n) is 17.6. The molecule has 30 heavy (non-hydrogen) atoms. The second-order valence-corrected chi connectivity index (χ2v) is 7.00. The number of carbonyl (C=O) groups is 1. The van der Waals surface area contributed by atoms with Gasteiger partial charge in [-0.1, -0.05) is 6.07 Å². The molecule has 160 valence electrons. The highest BCUT2D eigenvalue weighted by Gasteiger charge is 2.28. The van der Waals surface area contributed by atoms with Crippen LogP contribution < -0.4 is 37.0 Å². The lowest BCUT2D eigenvalue weighted by atomic mass is 10.2. The molecular formula is C20H29N9O. The van der Waals surface area contributed by atoms with Crippen molar-refractivity contribution in [2.24, 2.45) is 11.6 Å². The van der Waals surface area contributed by atoms with E-state index >= 15 is 0 Å². The van der Waals surface area contributed by atoms with Crippen molar-refractivity contribution < 1.29 is 4.79 Å². The zero-order valence-corrected chi connectivity index (χ0v) is 17.6. The maximum atomic E-state index is 13.3. The molecule has 0 aliphatic carbocycles. The number of nitrogens with one attached hydrogen (secondary N) is 2. The average Bonchev–Trinajstić information content (AvgIpc) is 2.85. The molecule has 2 aromatic rings. The Morgan fingerprint density at radius 1 is 1.37 bits per heavy atom. The predicted octanol–water partition coefficient (Wildman–Crippen LogP) is 0.705. The van der Waals surface area contributed by atoms with Crippen molar-refractivity contribution in [3.05, 3.63) is 47.9 Å². The van der Waals surface area contributed by atoms with E-state index in [2.05, 4.69) is 20.6 Å². The third-order valence-corrected chi connectivity index (χ3v) is 4.73. The minimum Gasteiger partial charge on any atom is -0.400 e. The van der Waals surface area contributed by atoms with Crippen LogP contribution >= 0.6 is 0 Å². The largest absolute Gasteiger partial charge is 0.400 e. The van der Waals surface area contributed by atoms with Gasteiger partial charge in [-0.15, -0.1) is 0 Å². The number of benzene rings is 1. The van der Waals surface area contributed by atoms with Gasteiger partial charge in [0.05, 0.1) is 5.69 Å². The SMILES string of the molecule is CCNc1ncc2c(n1)N(C)CCN(c1cccc(N(N)/C=C(\N)CNC)c1)C2=O. The van der Waals surface area contributed by atoms with E-state index in [1.807, 2.05) is 50.2 Å². The second-order valence-electron chi connectivity index (χ2n) is 7.00. The summed E-state index contributed by atoms with van der Waals surface area (Å²) in [5, 5.41) is 7.51. The number of likely N-dealkylation sites (N-methyl/N-ethyl adjacent to an activating group) is 2. The topological polar surface area (TPSA) is 129 Å². The van der Waals surface area contributed by atoms with E-state index < -0.39 is 0 Å². The average molecular weight is 412 g/mol. The molecule has 3 rings (SSSR count). The summed E-state index contributed by atoms with van der Waals surface area (Å²) >= 11 is 0. The molecule has 2 heterocycles. The molecule has 1 aromatic carbocycles. The van der Waals surface area contributed by atoms with Gasteiger partial charge in [0.1, 0.15) is 11.4 Å². The van der Waals surface area contributed by atoms with E-state index in [1.54, 1.807) is 17.3 Å². The summed E-state index contributed by atoms with van der Waals surface area (Å²) in [6.45, 7) is 4.34. The Morgan fingerprint density at radius 3 is 2.90 bits per heavy atom. The maximum absolute atomic E-state index is 13.3. The summed E-state index contributed by atoms with van der Waals surface area (Å²) in [7, 11) is 3.73. The van der Waals surface area contributed by atoms with Crippen LogP contribution in [0.3, 0.4) is 0 Å². The maximum Gasteiger partial charge on any atom is 0.263 e. The Kier molecular flexibility index (Phi) is 6.70. The van der Waals surface area contributed by atoms with Crippen LogP contribution in [-0.2, 0) is 0 Å². The van der Waals surface area contributed by atoms with E-state index in [1.165, 1.54) is 5.01 Å². The Hall–Kier alpha value is -3.37. The van der Waals surface area contributed by atoms with Gasteiger partial charge in [-0.05, 0) is 32.2 Å². The lowest BCUT2D eigenvalue weighted by molar-refractivity contribution is 0.0989. The molecule has 0 atom stereocenters. The first-order chi connectivity index (χ1) is 14.4. The fourth-order valence-electron chi connectivity index (χ4n) is 3.23. The highest BCUT2D eigenvalue weighted by atomic mass is 16.2. The molecule has 10 nitrogen and oxygen atoms in total. The van der Waals surface area contributed by atoms with Crippen molar-refractivity contribution in [2.75, 3.05) is 60.4 Å². The fourth-order valence-corrected chi connectivity index (χ4v) is 3.23. The molecule has 10 heteroatoms. The molecule has 1 aromatic heterocycles. The Morgan fingerprint density at radius 2 is 2.17 bits per heavy atom. The Labute approximate surface area is 176 Å². The molecule has 0 spiro atoms. The van der Waals surface area contributed by atoms with Crippen LogP contribution in [0.2, 0.25) is 0 Å². The van der Waals surface area contributed by atoms with Crippen LogP contribution in [-0.4, -0.2) is 56.1 Å². The minimum absolute atomic E-state index is 0.150. The lowest BCUT2D eigenvalue weighted by Crippen LogP contribution is -2.34. The third kappa shape index (κ3) is 4.61. The van der Waals surface area contributed by atoms with Gasteiger partial charge in [0.2, 0.25) is 5.95 Å². The van der Waals surface area contributed by atoms with Gasteiger partial charge >= 0.3 is 0 Å². The van der Waals surface area contributed by atoms with Crippen molar-refractivity contribution >= 4 is 29.0 Å². The number of amides is 1. The van der Waals surface area contributed by atoms with Gasteiger partial charge in [-0.3, -0.25) is 9.80 Å². The van der Waals surface area contributed by atoms with Crippen molar-refractivity contribution in [2.45, 2.75) is 6.92 Å². The van der Waals surface area contributed by atoms with Crippen LogP contribution in [0, 0.1) is 0 Å². The van der Waals surface area contributed by atoms with Gasteiger partial charge in [0.25, 0.3) is 5.91 Å². The molecule has 0 saturated carbocycles. The third-order valence-electron chi connectivity index (χ3n) is 4.73. The van der Waals surface area contributed by atoms with Gasteiger partial charge < -0.3 is 26.2 Å². The number of hydrazine groups is 1. The number of rotatable bonds is 7. The molecular weight excluding hydrogens is 382 g/mol. The summed E-state index contributed by atoms with van der Waals surface area (Å²) < 4.78 is 0. The molecule has 0 unspecified atom stereocenters. The number of fused-ring (bicyclic) bond motifs is 1. The Bertz CT molecular complexity index is 930. The molecule has 1 amide bonds. The zero-order chi connectivity index (χ0) is 21.7. The van der Waals surface area contributed by atoms with E-state index in [0.717, 1.165) is 11.4 Å².